The molecule has 5 aromatic carbocycles. The zero-order valence-corrected chi connectivity index (χ0v) is 24.4. The van der Waals surface area contributed by atoms with Gasteiger partial charge in [0.05, 0.1) is 19.7 Å². The van der Waals surface area contributed by atoms with Gasteiger partial charge in [0.15, 0.2) is 0 Å². The van der Waals surface area contributed by atoms with Crippen LogP contribution in [0.5, 0.6) is 11.5 Å². The maximum absolute atomic E-state index is 5.39. The summed E-state index contributed by atoms with van der Waals surface area (Å²) >= 11 is 0. The van der Waals surface area contributed by atoms with Crippen LogP contribution in [0.3, 0.4) is 0 Å². The van der Waals surface area contributed by atoms with Gasteiger partial charge in [0, 0.05) is 33.8 Å². The molecule has 0 aliphatic rings. The molecule has 0 bridgehead atoms. The van der Waals surface area contributed by atoms with Gasteiger partial charge in [-0.25, -0.2) is 0 Å². The Bertz CT molecular complexity index is 1790. The van der Waals surface area contributed by atoms with Crippen LogP contribution >= 0.6 is 0 Å². The standard InChI is InChI=1S/C38H34N2O2/c1-27-28(2)39(31-10-6-5-7-11-31)38-30(9-8-12-37(27)38)16-13-29-14-17-32(18-15-29)40(33-19-23-35(41-3)24-20-33)34-21-25-36(42-4)26-22-34/h5-26H,1-4H3. The first-order valence-electron chi connectivity index (χ1n) is 14.1. The van der Waals surface area contributed by atoms with Crippen molar-refractivity contribution in [1.82, 2.24) is 4.57 Å². The van der Waals surface area contributed by atoms with Crippen LogP contribution in [-0.2, 0) is 0 Å². The lowest BCUT2D eigenvalue weighted by atomic mass is 10.1. The predicted octanol–water partition coefficient (Wildman–Crippen LogP) is 9.90. The van der Waals surface area contributed by atoms with Crippen molar-refractivity contribution in [3.8, 4) is 17.2 Å². The predicted molar refractivity (Wildman–Crippen MR) is 176 cm³/mol. The molecule has 1 aromatic heterocycles. The molecule has 4 nitrogen and oxygen atoms in total. The van der Waals surface area contributed by atoms with Crippen LogP contribution in [0.1, 0.15) is 22.4 Å². The Morgan fingerprint density at radius 2 is 1.12 bits per heavy atom. The van der Waals surface area contributed by atoms with Crippen molar-refractivity contribution in [2.45, 2.75) is 13.8 Å². The molecular formula is C38H34N2O2. The average molecular weight is 551 g/mol. The van der Waals surface area contributed by atoms with Crippen LogP contribution in [-0.4, -0.2) is 18.8 Å². The first-order chi connectivity index (χ1) is 20.6. The Hall–Kier alpha value is -5.22. The van der Waals surface area contributed by atoms with E-state index in [1.165, 1.54) is 33.4 Å². The first-order valence-corrected chi connectivity index (χ1v) is 14.1. The lowest BCUT2D eigenvalue weighted by Crippen LogP contribution is -2.09. The maximum atomic E-state index is 5.39. The third-order valence-electron chi connectivity index (χ3n) is 7.86. The van der Waals surface area contributed by atoms with Gasteiger partial charge in [0.25, 0.3) is 0 Å². The van der Waals surface area contributed by atoms with Gasteiger partial charge in [-0.15, -0.1) is 0 Å². The number of hydrogen-bond acceptors (Lipinski definition) is 3. The fourth-order valence-corrected chi connectivity index (χ4v) is 5.51. The number of rotatable bonds is 8. The van der Waals surface area contributed by atoms with E-state index in [0.29, 0.717) is 0 Å². The summed E-state index contributed by atoms with van der Waals surface area (Å²) in [4.78, 5) is 2.23. The minimum absolute atomic E-state index is 0.827. The molecule has 0 radical (unpaired) electrons. The molecule has 4 heteroatoms. The minimum atomic E-state index is 0.827. The lowest BCUT2D eigenvalue weighted by molar-refractivity contribution is 0.415. The van der Waals surface area contributed by atoms with Crippen LogP contribution in [0.4, 0.5) is 17.1 Å². The van der Waals surface area contributed by atoms with E-state index in [0.717, 1.165) is 34.1 Å². The van der Waals surface area contributed by atoms with Crippen molar-refractivity contribution in [1.29, 1.82) is 0 Å². The number of aryl methyl sites for hydroxylation is 1. The number of methoxy groups -OCH3 is 2. The van der Waals surface area contributed by atoms with Crippen molar-refractivity contribution < 1.29 is 9.47 Å². The zero-order chi connectivity index (χ0) is 29.1. The van der Waals surface area contributed by atoms with E-state index < -0.39 is 0 Å². The molecule has 0 N–H and O–H groups in total. The zero-order valence-electron chi connectivity index (χ0n) is 24.4. The summed E-state index contributed by atoms with van der Waals surface area (Å²) in [7, 11) is 3.37. The first kappa shape index (κ1) is 27.0. The summed E-state index contributed by atoms with van der Waals surface area (Å²) in [5.41, 5.74) is 10.5. The summed E-state index contributed by atoms with van der Waals surface area (Å²) in [6.07, 6.45) is 4.41. The van der Waals surface area contributed by atoms with E-state index >= 15 is 0 Å². The number of anilines is 3. The van der Waals surface area contributed by atoms with E-state index in [9.17, 15) is 0 Å². The van der Waals surface area contributed by atoms with Gasteiger partial charge in [-0.2, -0.15) is 0 Å². The number of para-hydroxylation sites is 2. The summed E-state index contributed by atoms with van der Waals surface area (Å²) in [6, 6.07) is 42.0. The Labute approximate surface area is 247 Å². The van der Waals surface area contributed by atoms with Gasteiger partial charge in [-0.1, -0.05) is 60.7 Å². The SMILES string of the molecule is COc1ccc(N(c2ccc(C=Cc3cccc4c(C)c(C)n(-c5ccccc5)c34)cc2)c2ccc(OC)cc2)cc1. The monoisotopic (exact) mass is 550 g/mol. The van der Waals surface area contributed by atoms with Crippen molar-refractivity contribution in [2.75, 3.05) is 19.1 Å². The Kier molecular flexibility index (Phi) is 7.52. The van der Waals surface area contributed by atoms with Gasteiger partial charge in [-0.05, 0) is 103 Å². The Morgan fingerprint density at radius 3 is 1.67 bits per heavy atom. The van der Waals surface area contributed by atoms with Crippen molar-refractivity contribution in [2.24, 2.45) is 0 Å². The quantitative estimate of drug-likeness (QED) is 0.176. The molecule has 42 heavy (non-hydrogen) atoms. The number of benzene rings is 5. The number of fused-ring (bicyclic) bond motifs is 1. The van der Waals surface area contributed by atoms with Gasteiger partial charge in [-0.3, -0.25) is 0 Å². The molecule has 0 atom stereocenters. The summed E-state index contributed by atoms with van der Waals surface area (Å²) in [5.74, 6) is 1.65. The molecule has 0 unspecified atom stereocenters. The van der Waals surface area contributed by atoms with E-state index in [1.807, 2.05) is 24.3 Å². The summed E-state index contributed by atoms with van der Waals surface area (Å²) in [6.45, 7) is 4.41. The fraction of sp³-hybridized carbons (Fsp3) is 0.105. The summed E-state index contributed by atoms with van der Waals surface area (Å²) < 4.78 is 13.2. The van der Waals surface area contributed by atoms with Crippen LogP contribution in [0.15, 0.2) is 121 Å². The maximum Gasteiger partial charge on any atom is 0.119 e. The highest BCUT2D eigenvalue weighted by Gasteiger charge is 2.15. The average Bonchev–Trinajstić information content (AvgIpc) is 3.31. The third-order valence-corrected chi connectivity index (χ3v) is 7.86. The largest absolute Gasteiger partial charge is 0.497 e. The number of nitrogens with zero attached hydrogens (tertiary/aromatic N) is 2. The van der Waals surface area contributed by atoms with Crippen molar-refractivity contribution in [3.63, 3.8) is 0 Å². The molecular weight excluding hydrogens is 516 g/mol. The molecule has 0 saturated heterocycles. The molecule has 0 saturated carbocycles. The highest BCUT2D eigenvalue weighted by atomic mass is 16.5. The number of hydrogen-bond donors (Lipinski definition) is 0. The van der Waals surface area contributed by atoms with Gasteiger partial charge in [0.1, 0.15) is 11.5 Å². The second-order valence-corrected chi connectivity index (χ2v) is 10.3. The molecule has 208 valence electrons. The third kappa shape index (κ3) is 5.15. The van der Waals surface area contributed by atoms with Crippen molar-refractivity contribution >= 4 is 40.1 Å². The van der Waals surface area contributed by atoms with E-state index in [2.05, 4.69) is 133 Å². The van der Waals surface area contributed by atoms with Crippen LogP contribution in [0.2, 0.25) is 0 Å². The van der Waals surface area contributed by atoms with Crippen molar-refractivity contribution in [3.05, 3.63) is 144 Å². The molecule has 0 fully saturated rings. The van der Waals surface area contributed by atoms with Gasteiger partial charge < -0.3 is 18.9 Å². The highest BCUT2D eigenvalue weighted by Crippen LogP contribution is 2.37. The molecule has 0 aliphatic heterocycles. The van der Waals surface area contributed by atoms with Crippen LogP contribution in [0, 0.1) is 13.8 Å². The molecule has 1 heterocycles. The number of aromatic nitrogens is 1. The lowest BCUT2D eigenvalue weighted by Gasteiger charge is -2.26. The fourth-order valence-electron chi connectivity index (χ4n) is 5.51. The summed E-state index contributed by atoms with van der Waals surface area (Å²) in [5, 5.41) is 1.28. The molecule has 0 aliphatic carbocycles. The number of ether oxygens (including phenoxy) is 2. The highest BCUT2D eigenvalue weighted by molar-refractivity contribution is 5.95. The molecule has 6 aromatic rings. The molecule has 6 rings (SSSR count). The second kappa shape index (κ2) is 11.7. The molecule has 0 spiro atoms. The smallest absolute Gasteiger partial charge is 0.119 e. The van der Waals surface area contributed by atoms with Crippen LogP contribution < -0.4 is 14.4 Å². The Morgan fingerprint density at radius 1 is 0.571 bits per heavy atom. The topological polar surface area (TPSA) is 26.6 Å². The van der Waals surface area contributed by atoms with Crippen LogP contribution in [0.25, 0.3) is 28.7 Å². The van der Waals surface area contributed by atoms with Gasteiger partial charge in [0.2, 0.25) is 0 Å². The van der Waals surface area contributed by atoms with E-state index in [4.69, 9.17) is 9.47 Å². The Balaban J connectivity index is 1.35. The van der Waals surface area contributed by atoms with E-state index in [1.54, 1.807) is 14.2 Å². The normalized spacial score (nSPS) is 11.2. The van der Waals surface area contributed by atoms with Gasteiger partial charge >= 0.3 is 0 Å². The molecule has 0 amide bonds. The minimum Gasteiger partial charge on any atom is -0.497 e. The second-order valence-electron chi connectivity index (χ2n) is 10.3. The van der Waals surface area contributed by atoms with E-state index in [-0.39, 0.29) is 0 Å².